The molecule has 0 N–H and O–H groups in total. The first-order valence-corrected chi connectivity index (χ1v) is 6.16. The van der Waals surface area contributed by atoms with Gasteiger partial charge in [-0.1, -0.05) is 0 Å². The van der Waals surface area contributed by atoms with Crippen molar-refractivity contribution in [1.29, 1.82) is 0 Å². The Labute approximate surface area is 106 Å². The van der Waals surface area contributed by atoms with Gasteiger partial charge in [-0.2, -0.15) is 4.37 Å². The number of rotatable bonds is 3. The largest absolute Gasteiger partial charge is 0.464 e. The van der Waals surface area contributed by atoms with Crippen molar-refractivity contribution in [2.24, 2.45) is 0 Å². The molecule has 17 heavy (non-hydrogen) atoms. The quantitative estimate of drug-likeness (QED) is 0.782. The predicted octanol–water partition coefficient (Wildman–Crippen LogP) is 1.57. The van der Waals surface area contributed by atoms with Crippen LogP contribution in [0.1, 0.15) is 16.3 Å². The maximum atomic E-state index is 11.1. The molecule has 2 aromatic rings. The zero-order valence-electron chi connectivity index (χ0n) is 9.08. The van der Waals surface area contributed by atoms with E-state index in [2.05, 4.69) is 24.1 Å². The lowest BCUT2D eigenvalue weighted by molar-refractivity contribution is 0.0593. The summed E-state index contributed by atoms with van der Waals surface area (Å²) < 4.78 is 9.38. The lowest BCUT2D eigenvalue weighted by atomic mass is 10.5. The van der Waals surface area contributed by atoms with E-state index in [1.165, 1.54) is 42.8 Å². The zero-order chi connectivity index (χ0) is 12.3. The van der Waals surface area contributed by atoms with Gasteiger partial charge in [-0.05, 0) is 30.2 Å². The SMILES string of the molecule is COC(=O)c1cnc(Sc2nc(C)ns2)cn1. The average Bonchev–Trinajstić information content (AvgIpc) is 2.75. The molecule has 0 unspecified atom stereocenters. The summed E-state index contributed by atoms with van der Waals surface area (Å²) in [4.78, 5) is 23.4. The number of aryl methyl sites for hydroxylation is 1. The summed E-state index contributed by atoms with van der Waals surface area (Å²) in [6.45, 7) is 1.83. The monoisotopic (exact) mass is 268 g/mol. The maximum Gasteiger partial charge on any atom is 0.358 e. The van der Waals surface area contributed by atoms with Gasteiger partial charge in [0.05, 0.1) is 19.5 Å². The summed E-state index contributed by atoms with van der Waals surface area (Å²) in [6.07, 6.45) is 2.88. The van der Waals surface area contributed by atoms with Crippen LogP contribution in [-0.4, -0.2) is 32.4 Å². The highest BCUT2D eigenvalue weighted by Crippen LogP contribution is 2.26. The Kier molecular flexibility index (Phi) is 3.64. The van der Waals surface area contributed by atoms with Crippen molar-refractivity contribution >= 4 is 29.3 Å². The Morgan fingerprint density at radius 2 is 2.24 bits per heavy atom. The molecule has 0 spiro atoms. The molecule has 0 aliphatic heterocycles. The smallest absolute Gasteiger partial charge is 0.358 e. The first-order valence-electron chi connectivity index (χ1n) is 4.57. The molecule has 8 heteroatoms. The topological polar surface area (TPSA) is 77.9 Å². The van der Waals surface area contributed by atoms with Crippen molar-refractivity contribution in [3.63, 3.8) is 0 Å². The molecule has 0 aromatic carbocycles. The van der Waals surface area contributed by atoms with Crippen LogP contribution in [-0.2, 0) is 4.74 Å². The molecule has 0 aliphatic rings. The maximum absolute atomic E-state index is 11.1. The van der Waals surface area contributed by atoms with Gasteiger partial charge in [0, 0.05) is 0 Å². The van der Waals surface area contributed by atoms with Gasteiger partial charge in [-0.25, -0.2) is 19.7 Å². The molecule has 6 nitrogen and oxygen atoms in total. The van der Waals surface area contributed by atoms with Crippen molar-refractivity contribution in [2.45, 2.75) is 16.3 Å². The minimum Gasteiger partial charge on any atom is -0.464 e. The lowest BCUT2D eigenvalue weighted by Crippen LogP contribution is -2.04. The van der Waals surface area contributed by atoms with Gasteiger partial charge in [0.1, 0.15) is 10.9 Å². The fourth-order valence-electron chi connectivity index (χ4n) is 0.988. The third-order valence-corrected chi connectivity index (χ3v) is 3.49. The number of nitrogens with zero attached hydrogens (tertiary/aromatic N) is 4. The van der Waals surface area contributed by atoms with Crippen LogP contribution < -0.4 is 0 Å². The molecule has 0 saturated carbocycles. The minimum atomic E-state index is -0.499. The Balaban J connectivity index is 2.10. The van der Waals surface area contributed by atoms with Crippen molar-refractivity contribution in [3.05, 3.63) is 23.9 Å². The number of esters is 1. The Hall–Kier alpha value is -1.54. The number of hydrogen-bond acceptors (Lipinski definition) is 8. The summed E-state index contributed by atoms with van der Waals surface area (Å²) in [5.41, 5.74) is 0.185. The fourth-order valence-corrected chi connectivity index (χ4v) is 2.50. The van der Waals surface area contributed by atoms with Crippen molar-refractivity contribution in [2.75, 3.05) is 7.11 Å². The molecular weight excluding hydrogens is 260 g/mol. The van der Waals surface area contributed by atoms with E-state index in [9.17, 15) is 4.79 Å². The normalized spacial score (nSPS) is 10.2. The number of hydrogen-bond donors (Lipinski definition) is 0. The van der Waals surface area contributed by atoms with E-state index in [0.717, 1.165) is 10.2 Å². The Morgan fingerprint density at radius 3 is 2.76 bits per heavy atom. The Morgan fingerprint density at radius 1 is 1.41 bits per heavy atom. The molecule has 2 heterocycles. The van der Waals surface area contributed by atoms with Crippen molar-refractivity contribution in [1.82, 2.24) is 19.3 Å². The van der Waals surface area contributed by atoms with Crippen LogP contribution in [0.25, 0.3) is 0 Å². The van der Waals surface area contributed by atoms with Crippen molar-refractivity contribution in [3.8, 4) is 0 Å². The summed E-state index contributed by atoms with van der Waals surface area (Å²) >= 11 is 2.66. The first kappa shape index (κ1) is 11.9. The number of ether oxygens (including phenoxy) is 1. The predicted molar refractivity (Wildman–Crippen MR) is 62.1 cm³/mol. The van der Waals surface area contributed by atoms with E-state index in [-0.39, 0.29) is 5.69 Å². The van der Waals surface area contributed by atoms with E-state index in [1.54, 1.807) is 0 Å². The number of aromatic nitrogens is 4. The molecule has 0 bridgehead atoms. The van der Waals surface area contributed by atoms with E-state index in [0.29, 0.717) is 5.03 Å². The van der Waals surface area contributed by atoms with Crippen LogP contribution in [0.5, 0.6) is 0 Å². The van der Waals surface area contributed by atoms with Gasteiger partial charge >= 0.3 is 5.97 Å². The van der Waals surface area contributed by atoms with Crippen LogP contribution in [0, 0.1) is 6.92 Å². The van der Waals surface area contributed by atoms with Gasteiger partial charge in [0.15, 0.2) is 10.0 Å². The second kappa shape index (κ2) is 5.19. The minimum absolute atomic E-state index is 0.185. The molecular formula is C9H8N4O2S2. The van der Waals surface area contributed by atoms with Gasteiger partial charge in [-0.3, -0.25) is 0 Å². The van der Waals surface area contributed by atoms with Gasteiger partial charge in [0.25, 0.3) is 0 Å². The average molecular weight is 268 g/mol. The Bertz CT molecular complexity index is 526. The molecule has 0 fully saturated rings. The number of carbonyl (C=O) groups is 1. The first-order chi connectivity index (χ1) is 8.19. The van der Waals surface area contributed by atoms with E-state index in [4.69, 9.17) is 0 Å². The molecule has 0 saturated heterocycles. The van der Waals surface area contributed by atoms with Gasteiger partial charge < -0.3 is 4.74 Å². The highest BCUT2D eigenvalue weighted by molar-refractivity contribution is 8.00. The standard InChI is InChI=1S/C9H8N4O2S2/c1-5-12-9(17-13-5)16-7-4-10-6(3-11-7)8(14)15-2/h3-4H,1-2H3. The van der Waals surface area contributed by atoms with E-state index < -0.39 is 5.97 Å². The van der Waals surface area contributed by atoms with Crippen LogP contribution in [0.2, 0.25) is 0 Å². The van der Waals surface area contributed by atoms with Crippen LogP contribution in [0.3, 0.4) is 0 Å². The third-order valence-electron chi connectivity index (χ3n) is 1.72. The molecule has 0 amide bonds. The summed E-state index contributed by atoms with van der Waals surface area (Å²) in [5, 5.41) is 0.661. The number of carbonyl (C=O) groups excluding carboxylic acids is 1. The van der Waals surface area contributed by atoms with Crippen LogP contribution in [0.15, 0.2) is 21.8 Å². The summed E-state index contributed by atoms with van der Waals surface area (Å²) in [6, 6.07) is 0. The molecule has 88 valence electrons. The fraction of sp³-hybridized carbons (Fsp3) is 0.222. The van der Waals surface area contributed by atoms with Crippen LogP contribution >= 0.6 is 23.3 Å². The van der Waals surface area contributed by atoms with E-state index in [1.807, 2.05) is 6.92 Å². The second-order valence-electron chi connectivity index (χ2n) is 2.94. The highest BCUT2D eigenvalue weighted by Gasteiger charge is 2.09. The molecule has 0 atom stereocenters. The summed E-state index contributed by atoms with van der Waals surface area (Å²) in [7, 11) is 1.30. The lowest BCUT2D eigenvalue weighted by Gasteiger charge is -1.98. The molecule has 2 aromatic heterocycles. The van der Waals surface area contributed by atoms with Gasteiger partial charge in [0.2, 0.25) is 0 Å². The van der Waals surface area contributed by atoms with Crippen molar-refractivity contribution < 1.29 is 9.53 Å². The number of methoxy groups -OCH3 is 1. The van der Waals surface area contributed by atoms with E-state index >= 15 is 0 Å². The molecule has 0 aliphatic carbocycles. The third kappa shape index (κ3) is 2.98. The van der Waals surface area contributed by atoms with Gasteiger partial charge in [-0.15, -0.1) is 0 Å². The second-order valence-corrected chi connectivity index (χ2v) is 4.96. The molecule has 0 radical (unpaired) electrons. The zero-order valence-corrected chi connectivity index (χ0v) is 10.7. The highest BCUT2D eigenvalue weighted by atomic mass is 32.2. The van der Waals surface area contributed by atoms with Crippen LogP contribution in [0.4, 0.5) is 0 Å². The summed E-state index contributed by atoms with van der Waals surface area (Å²) in [5.74, 6) is 0.234. The molecule has 2 rings (SSSR count).